The number of esters is 1. The predicted molar refractivity (Wildman–Crippen MR) is 135 cm³/mol. The number of pyridine rings is 1. The van der Waals surface area contributed by atoms with E-state index < -0.39 is 5.97 Å². The summed E-state index contributed by atoms with van der Waals surface area (Å²) in [6.07, 6.45) is 4.33. The van der Waals surface area contributed by atoms with E-state index in [0.29, 0.717) is 42.3 Å². The first-order valence-corrected chi connectivity index (χ1v) is 11.4. The van der Waals surface area contributed by atoms with Gasteiger partial charge in [0.15, 0.2) is 5.11 Å². The van der Waals surface area contributed by atoms with E-state index in [1.165, 1.54) is 0 Å². The van der Waals surface area contributed by atoms with Gasteiger partial charge in [-0.2, -0.15) is 0 Å². The summed E-state index contributed by atoms with van der Waals surface area (Å²) in [5, 5.41) is 3.03. The number of aromatic nitrogens is 1. The first-order chi connectivity index (χ1) is 16.5. The Morgan fingerprint density at radius 1 is 1.00 bits per heavy atom. The molecule has 34 heavy (non-hydrogen) atoms. The van der Waals surface area contributed by atoms with Gasteiger partial charge in [0.25, 0.3) is 5.91 Å². The summed E-state index contributed by atoms with van der Waals surface area (Å²) < 4.78 is 10.6. The molecule has 1 aromatic heterocycles. The minimum atomic E-state index is -0.393. The molecule has 8 heteroatoms. The van der Waals surface area contributed by atoms with E-state index in [1.807, 2.05) is 19.1 Å². The standard InChI is InChI=1S/C26H27N3O4S/c1-3-16-33-23-13-9-20(10-14-23)24(30)28-26(34)29(18-19-6-5-15-27-17-19)22-11-7-21(8-12-22)25(31)32-4-2/h5-15,17H,3-4,16,18H2,1-2H3,(H,28,30,34). The Balaban J connectivity index is 1.78. The Bertz CT molecular complexity index is 1100. The molecule has 0 atom stereocenters. The lowest BCUT2D eigenvalue weighted by Crippen LogP contribution is -2.42. The Hall–Kier alpha value is -3.78. The highest BCUT2D eigenvalue weighted by atomic mass is 32.1. The molecule has 0 aliphatic heterocycles. The molecule has 0 radical (unpaired) electrons. The van der Waals surface area contributed by atoms with Crippen LogP contribution in [0, 0.1) is 0 Å². The number of nitrogens with zero attached hydrogens (tertiary/aromatic N) is 2. The molecular formula is C26H27N3O4S. The third kappa shape index (κ3) is 6.86. The van der Waals surface area contributed by atoms with Crippen molar-refractivity contribution in [3.05, 3.63) is 89.7 Å². The van der Waals surface area contributed by atoms with E-state index >= 15 is 0 Å². The second-order valence-corrected chi connectivity index (χ2v) is 7.73. The molecule has 176 valence electrons. The second-order valence-electron chi connectivity index (χ2n) is 7.35. The second kappa shape index (κ2) is 12.5. The van der Waals surface area contributed by atoms with Gasteiger partial charge in [0.1, 0.15) is 5.75 Å². The summed E-state index contributed by atoms with van der Waals surface area (Å²) in [7, 11) is 0. The number of carbonyl (C=O) groups excluding carboxylic acids is 2. The minimum Gasteiger partial charge on any atom is -0.494 e. The zero-order valence-electron chi connectivity index (χ0n) is 19.2. The van der Waals surface area contributed by atoms with Crippen LogP contribution >= 0.6 is 12.2 Å². The number of hydrogen-bond acceptors (Lipinski definition) is 6. The predicted octanol–water partition coefficient (Wildman–Crippen LogP) is 4.77. The van der Waals surface area contributed by atoms with Gasteiger partial charge >= 0.3 is 5.97 Å². The maximum absolute atomic E-state index is 12.8. The summed E-state index contributed by atoms with van der Waals surface area (Å²) in [4.78, 5) is 30.8. The molecule has 0 bridgehead atoms. The quantitative estimate of drug-likeness (QED) is 0.351. The van der Waals surface area contributed by atoms with Crippen LogP contribution in [0.5, 0.6) is 5.75 Å². The van der Waals surface area contributed by atoms with Crippen LogP contribution in [0.1, 0.15) is 46.5 Å². The van der Waals surface area contributed by atoms with Crippen LogP contribution in [0.4, 0.5) is 5.69 Å². The highest BCUT2D eigenvalue weighted by Gasteiger charge is 2.17. The van der Waals surface area contributed by atoms with Gasteiger partial charge in [-0.25, -0.2) is 4.79 Å². The molecule has 0 spiro atoms. The monoisotopic (exact) mass is 477 g/mol. The maximum Gasteiger partial charge on any atom is 0.338 e. The molecule has 1 heterocycles. The van der Waals surface area contributed by atoms with E-state index in [1.54, 1.807) is 72.7 Å². The first-order valence-electron chi connectivity index (χ1n) is 11.0. The molecule has 7 nitrogen and oxygen atoms in total. The van der Waals surface area contributed by atoms with Gasteiger partial charge in [-0.05, 0) is 85.7 Å². The summed E-state index contributed by atoms with van der Waals surface area (Å²) in [5.41, 5.74) is 2.52. The van der Waals surface area contributed by atoms with Crippen LogP contribution in [-0.4, -0.2) is 35.2 Å². The Kier molecular flexibility index (Phi) is 9.11. The molecule has 3 rings (SSSR count). The van der Waals surface area contributed by atoms with Gasteiger partial charge in [-0.1, -0.05) is 13.0 Å². The van der Waals surface area contributed by atoms with Crippen molar-refractivity contribution in [1.29, 1.82) is 0 Å². The molecule has 0 aliphatic rings. The molecule has 3 aromatic rings. The number of amides is 1. The molecule has 0 saturated carbocycles. The summed E-state index contributed by atoms with van der Waals surface area (Å²) >= 11 is 5.60. The lowest BCUT2D eigenvalue weighted by Gasteiger charge is -2.26. The van der Waals surface area contributed by atoms with Gasteiger partial charge in [0.05, 0.1) is 25.3 Å². The van der Waals surface area contributed by atoms with Crippen molar-refractivity contribution in [3.63, 3.8) is 0 Å². The average molecular weight is 478 g/mol. The lowest BCUT2D eigenvalue weighted by atomic mass is 10.2. The van der Waals surface area contributed by atoms with E-state index in [0.717, 1.165) is 12.0 Å². The van der Waals surface area contributed by atoms with Gasteiger partial charge in [-0.15, -0.1) is 0 Å². The molecular weight excluding hydrogens is 450 g/mol. The topological polar surface area (TPSA) is 80.8 Å². The van der Waals surface area contributed by atoms with Gasteiger partial charge in [0.2, 0.25) is 0 Å². The number of anilines is 1. The highest BCUT2D eigenvalue weighted by Crippen LogP contribution is 2.20. The van der Waals surface area contributed by atoms with Crippen molar-refractivity contribution in [2.45, 2.75) is 26.8 Å². The van der Waals surface area contributed by atoms with Gasteiger partial charge < -0.3 is 14.4 Å². The fraction of sp³-hybridized carbons (Fsp3) is 0.231. The molecule has 0 aliphatic carbocycles. The summed E-state index contributed by atoms with van der Waals surface area (Å²) in [5.74, 6) is -0.0117. The van der Waals surface area contributed by atoms with Crippen LogP contribution in [-0.2, 0) is 11.3 Å². The molecule has 2 aromatic carbocycles. The van der Waals surface area contributed by atoms with Crippen LogP contribution in [0.15, 0.2) is 73.1 Å². The fourth-order valence-corrected chi connectivity index (χ4v) is 3.37. The van der Waals surface area contributed by atoms with Crippen molar-refractivity contribution in [2.24, 2.45) is 0 Å². The average Bonchev–Trinajstić information content (AvgIpc) is 2.87. The summed E-state index contributed by atoms with van der Waals surface area (Å²) in [6.45, 7) is 5.10. The van der Waals surface area contributed by atoms with E-state index in [9.17, 15) is 9.59 Å². The number of rotatable bonds is 9. The number of ether oxygens (including phenoxy) is 2. The van der Waals surface area contributed by atoms with Crippen LogP contribution in [0.3, 0.4) is 0 Å². The Labute approximate surface area is 204 Å². The number of benzene rings is 2. The smallest absolute Gasteiger partial charge is 0.338 e. The molecule has 0 unspecified atom stereocenters. The summed E-state index contributed by atoms with van der Waals surface area (Å²) in [6, 6.07) is 17.5. The van der Waals surface area contributed by atoms with E-state index in [-0.39, 0.29) is 11.0 Å². The highest BCUT2D eigenvalue weighted by molar-refractivity contribution is 7.80. The molecule has 1 amide bonds. The third-order valence-corrected chi connectivity index (χ3v) is 5.13. The first kappa shape index (κ1) is 24.9. The van der Waals surface area contributed by atoms with Crippen LogP contribution < -0.4 is 15.0 Å². The number of hydrogen-bond donors (Lipinski definition) is 1. The third-order valence-electron chi connectivity index (χ3n) is 4.81. The Morgan fingerprint density at radius 3 is 2.32 bits per heavy atom. The van der Waals surface area contributed by atoms with Crippen molar-refractivity contribution >= 4 is 34.9 Å². The Morgan fingerprint density at radius 2 is 1.71 bits per heavy atom. The van der Waals surface area contributed by atoms with Crippen molar-refractivity contribution in [3.8, 4) is 5.75 Å². The largest absolute Gasteiger partial charge is 0.494 e. The number of carbonyl (C=O) groups is 2. The van der Waals surface area contributed by atoms with Crippen molar-refractivity contribution in [1.82, 2.24) is 10.3 Å². The molecule has 0 saturated heterocycles. The lowest BCUT2D eigenvalue weighted by molar-refractivity contribution is 0.0526. The molecule has 1 N–H and O–H groups in total. The number of nitrogens with one attached hydrogen (secondary N) is 1. The zero-order valence-corrected chi connectivity index (χ0v) is 20.0. The maximum atomic E-state index is 12.8. The van der Waals surface area contributed by atoms with Crippen molar-refractivity contribution in [2.75, 3.05) is 18.1 Å². The number of thiocarbonyl (C=S) groups is 1. The fourth-order valence-electron chi connectivity index (χ4n) is 3.11. The van der Waals surface area contributed by atoms with E-state index in [4.69, 9.17) is 21.7 Å². The molecule has 0 fully saturated rings. The van der Waals surface area contributed by atoms with Gasteiger partial charge in [-0.3, -0.25) is 15.1 Å². The normalized spacial score (nSPS) is 10.3. The van der Waals surface area contributed by atoms with E-state index in [2.05, 4.69) is 10.3 Å². The SMILES string of the molecule is CCCOc1ccc(C(=O)NC(=S)N(Cc2cccnc2)c2ccc(C(=O)OCC)cc2)cc1. The van der Waals surface area contributed by atoms with Gasteiger partial charge in [0, 0.05) is 23.6 Å². The van der Waals surface area contributed by atoms with Crippen LogP contribution in [0.25, 0.3) is 0 Å². The zero-order chi connectivity index (χ0) is 24.3. The van der Waals surface area contributed by atoms with Crippen LogP contribution in [0.2, 0.25) is 0 Å². The van der Waals surface area contributed by atoms with Crippen molar-refractivity contribution < 1.29 is 19.1 Å². The minimum absolute atomic E-state index is 0.226.